The molecule has 2 amide bonds. The minimum absolute atomic E-state index is 0.0723. The molecule has 2 N–H and O–H groups in total. The van der Waals surface area contributed by atoms with Crippen molar-refractivity contribution in [2.75, 3.05) is 25.5 Å². The molecule has 1 aromatic carbocycles. The first-order valence-electron chi connectivity index (χ1n) is 10.2. The van der Waals surface area contributed by atoms with Crippen LogP contribution in [0.2, 0.25) is 0 Å². The van der Waals surface area contributed by atoms with E-state index < -0.39 is 15.9 Å². The second-order valence-electron chi connectivity index (χ2n) is 7.48. The monoisotopic (exact) mass is 470 g/mol. The molecule has 0 unspecified atom stereocenters. The molecular weight excluding hydrogens is 448 g/mol. The number of benzene rings is 1. The average molecular weight is 471 g/mol. The SMILES string of the molecule is CN(CC(=O)NCCc1noc(-c2ccncc2)n1)S(=O)(=O)c1ccc2c(c1)CCC(=O)N2. The van der Waals surface area contributed by atoms with Gasteiger partial charge in [-0.05, 0) is 42.3 Å². The maximum Gasteiger partial charge on any atom is 0.258 e. The summed E-state index contributed by atoms with van der Waals surface area (Å²) in [6.07, 6.45) is 4.33. The van der Waals surface area contributed by atoms with Crippen molar-refractivity contribution in [1.82, 2.24) is 24.7 Å². The first-order valence-corrected chi connectivity index (χ1v) is 11.7. The van der Waals surface area contributed by atoms with E-state index in [-0.39, 0.29) is 23.9 Å². The Kier molecular flexibility index (Phi) is 6.47. The molecule has 0 atom stereocenters. The van der Waals surface area contributed by atoms with Crippen molar-refractivity contribution in [3.05, 3.63) is 54.1 Å². The average Bonchev–Trinajstić information content (AvgIpc) is 3.28. The number of nitrogens with one attached hydrogen (secondary N) is 2. The molecule has 12 heteroatoms. The van der Waals surface area contributed by atoms with Crippen LogP contribution in [0.4, 0.5) is 5.69 Å². The van der Waals surface area contributed by atoms with Gasteiger partial charge in [0.25, 0.3) is 5.89 Å². The standard InChI is InChI=1S/C21H22N6O5S/c1-27(33(30,31)16-3-4-17-15(12-16)2-5-19(28)24-17)13-20(29)23-11-8-18-25-21(32-26-18)14-6-9-22-10-7-14/h3-4,6-7,9-10,12H,2,5,8,11,13H2,1H3,(H,23,29)(H,24,28). The number of aryl methyl sites for hydroxylation is 1. The summed E-state index contributed by atoms with van der Waals surface area (Å²) in [6.45, 7) is -0.120. The zero-order valence-electron chi connectivity index (χ0n) is 17.8. The van der Waals surface area contributed by atoms with Crippen molar-refractivity contribution in [2.45, 2.75) is 24.2 Å². The molecule has 33 heavy (non-hydrogen) atoms. The van der Waals surface area contributed by atoms with Gasteiger partial charge in [-0.2, -0.15) is 9.29 Å². The molecule has 0 saturated carbocycles. The summed E-state index contributed by atoms with van der Waals surface area (Å²) in [5, 5.41) is 9.26. The highest BCUT2D eigenvalue weighted by atomic mass is 32.2. The second kappa shape index (κ2) is 9.46. The fourth-order valence-corrected chi connectivity index (χ4v) is 4.50. The van der Waals surface area contributed by atoms with Gasteiger partial charge in [0.2, 0.25) is 21.8 Å². The number of aromatic nitrogens is 3. The fourth-order valence-electron chi connectivity index (χ4n) is 3.32. The summed E-state index contributed by atoms with van der Waals surface area (Å²) in [4.78, 5) is 32.0. The van der Waals surface area contributed by atoms with E-state index in [1.807, 2.05) is 0 Å². The van der Waals surface area contributed by atoms with Crippen LogP contribution in [0.3, 0.4) is 0 Å². The van der Waals surface area contributed by atoms with Gasteiger partial charge in [0.15, 0.2) is 5.82 Å². The Morgan fingerprint density at radius 3 is 2.79 bits per heavy atom. The van der Waals surface area contributed by atoms with Gasteiger partial charge in [0, 0.05) is 50.1 Å². The van der Waals surface area contributed by atoms with Crippen molar-refractivity contribution in [3.63, 3.8) is 0 Å². The Morgan fingerprint density at radius 2 is 2.00 bits per heavy atom. The minimum atomic E-state index is -3.87. The predicted molar refractivity (Wildman–Crippen MR) is 117 cm³/mol. The van der Waals surface area contributed by atoms with E-state index in [0.717, 1.165) is 15.4 Å². The van der Waals surface area contributed by atoms with Crippen LogP contribution in [-0.2, 0) is 32.5 Å². The number of carbonyl (C=O) groups excluding carboxylic acids is 2. The number of anilines is 1. The molecule has 0 fully saturated rings. The predicted octanol–water partition coefficient (Wildman–Crippen LogP) is 0.996. The number of pyridine rings is 1. The lowest BCUT2D eigenvalue weighted by molar-refractivity contribution is -0.121. The third-order valence-corrected chi connectivity index (χ3v) is 6.91. The molecule has 0 radical (unpaired) electrons. The molecule has 0 spiro atoms. The van der Waals surface area contributed by atoms with Gasteiger partial charge < -0.3 is 15.2 Å². The van der Waals surface area contributed by atoms with E-state index in [1.54, 1.807) is 30.6 Å². The van der Waals surface area contributed by atoms with E-state index in [4.69, 9.17) is 4.52 Å². The molecule has 1 aliphatic rings. The summed E-state index contributed by atoms with van der Waals surface area (Å²) >= 11 is 0. The van der Waals surface area contributed by atoms with Gasteiger partial charge in [-0.15, -0.1) is 0 Å². The number of sulfonamides is 1. The van der Waals surface area contributed by atoms with Crippen LogP contribution in [0.15, 0.2) is 52.1 Å². The second-order valence-corrected chi connectivity index (χ2v) is 9.52. The lowest BCUT2D eigenvalue weighted by Crippen LogP contribution is -2.39. The van der Waals surface area contributed by atoms with Crippen molar-refractivity contribution in [3.8, 4) is 11.5 Å². The molecule has 1 aliphatic heterocycles. The summed E-state index contributed by atoms with van der Waals surface area (Å²) in [5.74, 6) is 0.226. The number of likely N-dealkylation sites (N-methyl/N-ethyl adjacent to an activating group) is 1. The number of carbonyl (C=O) groups is 2. The van der Waals surface area contributed by atoms with Crippen LogP contribution in [0.5, 0.6) is 0 Å². The quantitative estimate of drug-likeness (QED) is 0.495. The highest BCUT2D eigenvalue weighted by Crippen LogP contribution is 2.26. The molecule has 3 heterocycles. The van der Waals surface area contributed by atoms with Crippen molar-refractivity contribution in [1.29, 1.82) is 0 Å². The van der Waals surface area contributed by atoms with Gasteiger partial charge in [-0.25, -0.2) is 8.42 Å². The molecule has 4 rings (SSSR count). The molecule has 0 aliphatic carbocycles. The Morgan fingerprint density at radius 1 is 1.21 bits per heavy atom. The van der Waals surface area contributed by atoms with Crippen LogP contribution in [0.1, 0.15) is 17.8 Å². The van der Waals surface area contributed by atoms with Crippen molar-refractivity contribution in [2.24, 2.45) is 0 Å². The molecule has 3 aromatic rings. The van der Waals surface area contributed by atoms with Gasteiger partial charge >= 0.3 is 0 Å². The van der Waals surface area contributed by atoms with E-state index >= 15 is 0 Å². The smallest absolute Gasteiger partial charge is 0.258 e. The number of rotatable bonds is 8. The van der Waals surface area contributed by atoms with Gasteiger partial charge in [0.1, 0.15) is 0 Å². The van der Waals surface area contributed by atoms with Crippen molar-refractivity contribution < 1.29 is 22.5 Å². The van der Waals surface area contributed by atoms with Crippen molar-refractivity contribution >= 4 is 27.5 Å². The first kappa shape index (κ1) is 22.6. The maximum absolute atomic E-state index is 12.9. The van der Waals surface area contributed by atoms with E-state index in [0.29, 0.717) is 36.7 Å². The van der Waals surface area contributed by atoms with Crippen LogP contribution in [0, 0.1) is 0 Å². The Bertz CT molecular complexity index is 1280. The number of hydrogen-bond acceptors (Lipinski definition) is 8. The maximum atomic E-state index is 12.9. The molecule has 0 bridgehead atoms. The van der Waals surface area contributed by atoms with Gasteiger partial charge in [-0.1, -0.05) is 5.16 Å². The van der Waals surface area contributed by atoms with Crippen LogP contribution in [0.25, 0.3) is 11.5 Å². The normalized spacial score (nSPS) is 13.5. The topological polar surface area (TPSA) is 147 Å². The molecular formula is C21H22N6O5S. The summed E-state index contributed by atoms with van der Waals surface area (Å²) in [5.41, 5.74) is 2.10. The first-order chi connectivity index (χ1) is 15.8. The Balaban J connectivity index is 1.30. The minimum Gasteiger partial charge on any atom is -0.355 e. The number of amides is 2. The lowest BCUT2D eigenvalue weighted by atomic mass is 10.0. The third-order valence-electron chi connectivity index (χ3n) is 5.11. The Hall–Kier alpha value is -3.64. The summed E-state index contributed by atoms with van der Waals surface area (Å²) < 4.78 is 31.9. The number of nitrogens with zero attached hydrogens (tertiary/aromatic N) is 4. The fraction of sp³-hybridized carbons (Fsp3) is 0.286. The highest BCUT2D eigenvalue weighted by molar-refractivity contribution is 7.89. The third kappa shape index (κ3) is 5.23. The largest absolute Gasteiger partial charge is 0.355 e. The van der Waals surface area contributed by atoms with Gasteiger partial charge in [-0.3, -0.25) is 14.6 Å². The van der Waals surface area contributed by atoms with Gasteiger partial charge in [0.05, 0.1) is 11.4 Å². The summed E-state index contributed by atoms with van der Waals surface area (Å²) in [7, 11) is -2.53. The number of hydrogen-bond donors (Lipinski definition) is 2. The van der Waals surface area contributed by atoms with Crippen LogP contribution >= 0.6 is 0 Å². The molecule has 2 aromatic heterocycles. The summed E-state index contributed by atoms with van der Waals surface area (Å²) in [6, 6.07) is 8.01. The van der Waals surface area contributed by atoms with Crippen LogP contribution in [-0.4, -0.2) is 59.8 Å². The molecule has 172 valence electrons. The van der Waals surface area contributed by atoms with E-state index in [2.05, 4.69) is 25.8 Å². The Labute approximate surface area is 190 Å². The molecule has 0 saturated heterocycles. The lowest BCUT2D eigenvalue weighted by Gasteiger charge is -2.20. The van der Waals surface area contributed by atoms with E-state index in [1.165, 1.54) is 19.2 Å². The zero-order valence-corrected chi connectivity index (χ0v) is 18.6. The van der Waals surface area contributed by atoms with Crippen LogP contribution < -0.4 is 10.6 Å². The zero-order chi connectivity index (χ0) is 23.4. The van der Waals surface area contributed by atoms with E-state index in [9.17, 15) is 18.0 Å². The number of fused-ring (bicyclic) bond motifs is 1. The molecule has 11 nitrogen and oxygen atoms in total. The highest BCUT2D eigenvalue weighted by Gasteiger charge is 2.25.